The van der Waals surface area contributed by atoms with Crippen molar-refractivity contribution in [2.24, 2.45) is 11.7 Å². The van der Waals surface area contributed by atoms with Gasteiger partial charge in [0, 0.05) is 6.54 Å². The van der Waals surface area contributed by atoms with Crippen LogP contribution in [-0.4, -0.2) is 30.7 Å². The highest BCUT2D eigenvalue weighted by Gasteiger charge is 2.22. The summed E-state index contributed by atoms with van der Waals surface area (Å²) in [6.45, 7) is 2.55. The van der Waals surface area contributed by atoms with Crippen molar-refractivity contribution >= 4 is 5.97 Å². The van der Waals surface area contributed by atoms with E-state index in [1.165, 1.54) is 0 Å². The summed E-state index contributed by atoms with van der Waals surface area (Å²) >= 11 is 0. The lowest BCUT2D eigenvalue weighted by Crippen LogP contribution is -2.38. The van der Waals surface area contributed by atoms with Gasteiger partial charge in [0.05, 0.1) is 5.56 Å². The van der Waals surface area contributed by atoms with E-state index >= 15 is 0 Å². The molecule has 1 aromatic carbocycles. The summed E-state index contributed by atoms with van der Waals surface area (Å²) in [6.07, 6.45) is 1.03. The van der Waals surface area contributed by atoms with E-state index in [1.54, 1.807) is 12.1 Å². The first-order valence-corrected chi connectivity index (χ1v) is 5.94. The second kappa shape index (κ2) is 5.29. The molecule has 4 heteroatoms. The van der Waals surface area contributed by atoms with Crippen LogP contribution in [0.4, 0.5) is 0 Å². The number of rotatable bonds is 3. The highest BCUT2D eigenvalue weighted by molar-refractivity contribution is 5.87. The molecule has 0 aliphatic carbocycles. The Balaban J connectivity index is 2.16. The summed E-state index contributed by atoms with van der Waals surface area (Å²) in [7, 11) is 0. The first kappa shape index (κ1) is 12.1. The van der Waals surface area contributed by atoms with Gasteiger partial charge in [-0.3, -0.25) is 0 Å². The monoisotopic (exact) mass is 234 g/mol. The van der Waals surface area contributed by atoms with Gasteiger partial charge in [-0.15, -0.1) is 0 Å². The van der Waals surface area contributed by atoms with E-state index in [1.807, 2.05) is 12.1 Å². The number of carboxylic acid groups (broad SMARTS) is 1. The largest absolute Gasteiger partial charge is 0.478 e. The number of piperidine rings is 1. The molecule has 1 heterocycles. The summed E-state index contributed by atoms with van der Waals surface area (Å²) in [4.78, 5) is 10.9. The Morgan fingerprint density at radius 3 is 3.00 bits per heavy atom. The summed E-state index contributed by atoms with van der Waals surface area (Å²) in [5, 5.41) is 12.3. The first-order chi connectivity index (χ1) is 8.20. The third kappa shape index (κ3) is 2.84. The van der Waals surface area contributed by atoms with Gasteiger partial charge in [0.25, 0.3) is 0 Å². The molecule has 1 aliphatic rings. The molecule has 1 aromatic rings. The second-order valence-electron chi connectivity index (χ2n) is 4.62. The fourth-order valence-electron chi connectivity index (χ4n) is 2.39. The van der Waals surface area contributed by atoms with Crippen molar-refractivity contribution in [1.29, 1.82) is 0 Å². The lowest BCUT2D eigenvalue weighted by Gasteiger charge is -2.29. The molecule has 1 fully saturated rings. The lowest BCUT2D eigenvalue weighted by atomic mass is 9.85. The highest BCUT2D eigenvalue weighted by Crippen LogP contribution is 2.26. The number of nitrogens with two attached hydrogens (primary N) is 1. The predicted molar refractivity (Wildman–Crippen MR) is 66.2 cm³/mol. The number of aromatic carboxylic acids is 1. The van der Waals surface area contributed by atoms with Gasteiger partial charge < -0.3 is 16.2 Å². The van der Waals surface area contributed by atoms with Crippen LogP contribution in [0.15, 0.2) is 24.3 Å². The van der Waals surface area contributed by atoms with Gasteiger partial charge in [-0.25, -0.2) is 4.79 Å². The second-order valence-corrected chi connectivity index (χ2v) is 4.62. The smallest absolute Gasteiger partial charge is 0.335 e. The molecule has 2 unspecified atom stereocenters. The first-order valence-electron chi connectivity index (χ1n) is 5.94. The van der Waals surface area contributed by atoms with Crippen LogP contribution in [0, 0.1) is 5.92 Å². The van der Waals surface area contributed by atoms with Crippen molar-refractivity contribution in [3.05, 3.63) is 35.4 Å². The van der Waals surface area contributed by atoms with Crippen LogP contribution in [0.2, 0.25) is 0 Å². The zero-order chi connectivity index (χ0) is 12.3. The zero-order valence-electron chi connectivity index (χ0n) is 9.73. The molecule has 0 aromatic heterocycles. The Bertz CT molecular complexity index is 406. The van der Waals surface area contributed by atoms with Crippen molar-refractivity contribution < 1.29 is 9.90 Å². The minimum Gasteiger partial charge on any atom is -0.478 e. The number of carbonyl (C=O) groups is 1. The van der Waals surface area contributed by atoms with Gasteiger partial charge in [-0.2, -0.15) is 0 Å². The van der Waals surface area contributed by atoms with Gasteiger partial charge >= 0.3 is 5.97 Å². The molecule has 0 radical (unpaired) electrons. The molecule has 0 bridgehead atoms. The van der Waals surface area contributed by atoms with Crippen molar-refractivity contribution in [2.75, 3.05) is 19.6 Å². The summed E-state index contributed by atoms with van der Waals surface area (Å²) in [6, 6.07) is 7.21. The molecule has 17 heavy (non-hydrogen) atoms. The quantitative estimate of drug-likeness (QED) is 0.730. The molecule has 92 valence electrons. The van der Waals surface area contributed by atoms with Crippen LogP contribution in [0.5, 0.6) is 0 Å². The minimum absolute atomic E-state index is 0.359. The lowest BCUT2D eigenvalue weighted by molar-refractivity contribution is 0.0696. The molecule has 1 saturated heterocycles. The Morgan fingerprint density at radius 1 is 1.47 bits per heavy atom. The SMILES string of the molecule is NCC1CNCC(c2cccc(C(=O)O)c2)C1. The van der Waals surface area contributed by atoms with E-state index in [0.29, 0.717) is 23.9 Å². The molecule has 1 aliphatic heterocycles. The predicted octanol–water partition coefficient (Wildman–Crippen LogP) is 1.04. The maximum absolute atomic E-state index is 10.9. The fourth-order valence-corrected chi connectivity index (χ4v) is 2.39. The van der Waals surface area contributed by atoms with Crippen LogP contribution >= 0.6 is 0 Å². The normalized spacial score (nSPS) is 24.5. The van der Waals surface area contributed by atoms with E-state index in [4.69, 9.17) is 10.8 Å². The molecule has 2 rings (SSSR count). The molecule has 0 spiro atoms. The van der Waals surface area contributed by atoms with Crippen LogP contribution in [0.1, 0.15) is 28.3 Å². The average Bonchev–Trinajstić information content (AvgIpc) is 2.39. The average molecular weight is 234 g/mol. The summed E-state index contributed by atoms with van der Waals surface area (Å²) in [5.41, 5.74) is 7.14. The van der Waals surface area contributed by atoms with Crippen molar-refractivity contribution in [2.45, 2.75) is 12.3 Å². The number of hydrogen-bond acceptors (Lipinski definition) is 3. The molecule has 4 N–H and O–H groups in total. The molecular weight excluding hydrogens is 216 g/mol. The summed E-state index contributed by atoms with van der Waals surface area (Å²) < 4.78 is 0. The Morgan fingerprint density at radius 2 is 2.29 bits per heavy atom. The Kier molecular flexibility index (Phi) is 3.76. The third-order valence-corrected chi connectivity index (χ3v) is 3.38. The van der Waals surface area contributed by atoms with Crippen molar-refractivity contribution in [3.8, 4) is 0 Å². The Hall–Kier alpha value is -1.39. The van der Waals surface area contributed by atoms with E-state index in [0.717, 1.165) is 25.1 Å². The van der Waals surface area contributed by atoms with Gasteiger partial charge in [-0.1, -0.05) is 12.1 Å². The topological polar surface area (TPSA) is 75.3 Å². The fraction of sp³-hybridized carbons (Fsp3) is 0.462. The number of carboxylic acids is 1. The third-order valence-electron chi connectivity index (χ3n) is 3.38. The molecule has 0 amide bonds. The molecule has 4 nitrogen and oxygen atoms in total. The van der Waals surface area contributed by atoms with E-state index < -0.39 is 5.97 Å². The summed E-state index contributed by atoms with van der Waals surface area (Å²) in [5.74, 6) is -0.00942. The van der Waals surface area contributed by atoms with Gasteiger partial charge in [0.15, 0.2) is 0 Å². The van der Waals surface area contributed by atoms with Gasteiger partial charge in [0.2, 0.25) is 0 Å². The number of benzene rings is 1. The molecule has 0 saturated carbocycles. The zero-order valence-corrected chi connectivity index (χ0v) is 9.73. The van der Waals surface area contributed by atoms with E-state index in [9.17, 15) is 4.79 Å². The van der Waals surface area contributed by atoms with Gasteiger partial charge in [-0.05, 0) is 49.0 Å². The highest BCUT2D eigenvalue weighted by atomic mass is 16.4. The van der Waals surface area contributed by atoms with Crippen LogP contribution in [0.3, 0.4) is 0 Å². The van der Waals surface area contributed by atoms with Crippen LogP contribution in [-0.2, 0) is 0 Å². The van der Waals surface area contributed by atoms with Gasteiger partial charge in [0.1, 0.15) is 0 Å². The number of nitrogens with one attached hydrogen (secondary N) is 1. The minimum atomic E-state index is -0.869. The van der Waals surface area contributed by atoms with Crippen LogP contribution < -0.4 is 11.1 Å². The van der Waals surface area contributed by atoms with E-state index in [-0.39, 0.29) is 0 Å². The number of hydrogen-bond donors (Lipinski definition) is 3. The molecular formula is C13H18N2O2. The van der Waals surface area contributed by atoms with E-state index in [2.05, 4.69) is 5.32 Å². The van der Waals surface area contributed by atoms with Crippen LogP contribution in [0.25, 0.3) is 0 Å². The maximum atomic E-state index is 10.9. The molecule has 2 atom stereocenters. The maximum Gasteiger partial charge on any atom is 0.335 e. The standard InChI is InChI=1S/C13H18N2O2/c14-6-9-4-12(8-15-7-9)10-2-1-3-11(5-10)13(16)17/h1-3,5,9,12,15H,4,6-8,14H2,(H,16,17). The van der Waals surface area contributed by atoms with Crippen molar-refractivity contribution in [3.63, 3.8) is 0 Å². The van der Waals surface area contributed by atoms with Crippen molar-refractivity contribution in [1.82, 2.24) is 5.32 Å². The Labute approximate surface area is 101 Å².